The third-order valence-electron chi connectivity index (χ3n) is 1.07. The molecule has 1 rings (SSSR count). The minimum Gasteiger partial charge on any atom is -0.506 e. The Hall–Kier alpha value is -0.120. The van der Waals surface area contributed by atoms with Crippen molar-refractivity contribution in [1.29, 1.82) is 0 Å². The molecule has 1 aromatic rings. The van der Waals surface area contributed by atoms with E-state index in [9.17, 15) is 0 Å². The van der Waals surface area contributed by atoms with Gasteiger partial charge in [-0.2, -0.15) is 0 Å². The molecule has 2 nitrogen and oxygen atoms in total. The van der Waals surface area contributed by atoms with Gasteiger partial charge in [0.2, 0.25) is 0 Å². The van der Waals surface area contributed by atoms with E-state index in [1.165, 1.54) is 6.07 Å². The maximum Gasteiger partial charge on any atom is 0.140 e. The Morgan fingerprint density at radius 2 is 2.00 bits per heavy atom. The lowest BCUT2D eigenvalue weighted by Gasteiger charge is -1.99. The van der Waals surface area contributed by atoms with Gasteiger partial charge < -0.3 is 10.8 Å². The van der Waals surface area contributed by atoms with Gasteiger partial charge in [-0.3, -0.25) is 0 Å². The fourth-order valence-corrected chi connectivity index (χ4v) is 1.07. The predicted molar refractivity (Wildman–Crippen MR) is 52.5 cm³/mol. The van der Waals surface area contributed by atoms with E-state index in [1.807, 2.05) is 0 Å². The third kappa shape index (κ3) is 2.43. The molecule has 0 atom stereocenters. The van der Waals surface area contributed by atoms with Crippen molar-refractivity contribution in [3.8, 4) is 5.75 Å². The Balaban J connectivity index is 0.000001000. The highest BCUT2D eigenvalue weighted by Gasteiger charge is 2.01. The van der Waals surface area contributed by atoms with Crippen LogP contribution in [0.15, 0.2) is 16.6 Å². The Bertz CT molecular complexity index is 217. The summed E-state index contributed by atoms with van der Waals surface area (Å²) in [4.78, 5) is 0. The van der Waals surface area contributed by atoms with E-state index in [0.29, 0.717) is 15.2 Å². The quantitative estimate of drug-likeness (QED) is 0.555. The number of nitrogens with two attached hydrogens (primary N) is 1. The summed E-state index contributed by atoms with van der Waals surface area (Å²) in [7, 11) is 0. The van der Waals surface area contributed by atoms with Gasteiger partial charge in [-0.25, -0.2) is 0 Å². The van der Waals surface area contributed by atoms with Crippen molar-refractivity contribution in [2.24, 2.45) is 0 Å². The summed E-state index contributed by atoms with van der Waals surface area (Å²) < 4.78 is 0.685. The van der Waals surface area contributed by atoms with Crippen LogP contribution in [-0.4, -0.2) is 5.11 Å². The smallest absolute Gasteiger partial charge is 0.140 e. The van der Waals surface area contributed by atoms with E-state index in [4.69, 9.17) is 22.4 Å². The maximum absolute atomic E-state index is 8.99. The highest BCUT2D eigenvalue weighted by atomic mass is 79.9. The molecule has 0 unspecified atom stereocenters. The fourth-order valence-electron chi connectivity index (χ4n) is 0.552. The molecule has 0 radical (unpaired) electrons. The highest BCUT2D eigenvalue weighted by Crippen LogP contribution is 2.31. The number of hydrogen-bond acceptors (Lipinski definition) is 2. The standard InChI is InChI=1S/C6H5BrClNO.ClH/c7-3-1-5(9)6(10)2-4(3)8;/h1-2,10H,9H2;1H. The Kier molecular flexibility index (Phi) is 4.00. The lowest BCUT2D eigenvalue weighted by atomic mass is 10.3. The minimum atomic E-state index is 0. The molecule has 0 aliphatic heterocycles. The van der Waals surface area contributed by atoms with Crippen LogP contribution in [0.4, 0.5) is 5.69 Å². The molecular weight excluding hydrogens is 253 g/mol. The number of nitrogen functional groups attached to an aromatic ring is 1. The molecule has 3 N–H and O–H groups in total. The summed E-state index contributed by atoms with van der Waals surface area (Å²) in [6.45, 7) is 0. The highest BCUT2D eigenvalue weighted by molar-refractivity contribution is 9.10. The number of anilines is 1. The van der Waals surface area contributed by atoms with Crippen LogP contribution >= 0.6 is 39.9 Å². The van der Waals surface area contributed by atoms with E-state index in [1.54, 1.807) is 6.07 Å². The summed E-state index contributed by atoms with van der Waals surface area (Å²) in [6.07, 6.45) is 0. The first-order chi connectivity index (χ1) is 4.61. The summed E-state index contributed by atoms with van der Waals surface area (Å²) in [6, 6.07) is 2.94. The van der Waals surface area contributed by atoms with Crippen LogP contribution in [0.3, 0.4) is 0 Å². The zero-order valence-corrected chi connectivity index (χ0v) is 8.50. The lowest BCUT2D eigenvalue weighted by Crippen LogP contribution is -1.84. The van der Waals surface area contributed by atoms with Crippen LogP contribution in [-0.2, 0) is 0 Å². The number of phenols is 1. The molecule has 62 valence electrons. The molecule has 5 heteroatoms. The summed E-state index contributed by atoms with van der Waals surface area (Å²) in [5, 5.41) is 9.44. The van der Waals surface area contributed by atoms with Gasteiger partial charge in [-0.05, 0) is 22.0 Å². The van der Waals surface area contributed by atoms with Gasteiger partial charge in [-0.15, -0.1) is 12.4 Å². The molecule has 0 amide bonds. The Morgan fingerprint density at radius 1 is 1.45 bits per heavy atom. The van der Waals surface area contributed by atoms with Gasteiger partial charge in [-0.1, -0.05) is 11.6 Å². The second-order valence-corrected chi connectivity index (χ2v) is 3.09. The monoisotopic (exact) mass is 257 g/mol. The molecule has 0 fully saturated rings. The molecule has 0 bridgehead atoms. The fraction of sp³-hybridized carbons (Fsp3) is 0. The first kappa shape index (κ1) is 10.9. The van der Waals surface area contributed by atoms with Crippen molar-refractivity contribution in [2.75, 3.05) is 5.73 Å². The van der Waals surface area contributed by atoms with Crippen molar-refractivity contribution >= 4 is 45.6 Å². The second kappa shape index (κ2) is 4.04. The number of rotatable bonds is 0. The zero-order valence-electron chi connectivity index (χ0n) is 5.34. The predicted octanol–water partition coefficient (Wildman–Crippen LogP) is 2.81. The minimum absolute atomic E-state index is 0. The van der Waals surface area contributed by atoms with Crippen LogP contribution < -0.4 is 5.73 Å². The molecule has 0 spiro atoms. The lowest BCUT2D eigenvalue weighted by molar-refractivity contribution is 0.478. The SMILES string of the molecule is Cl.Nc1cc(Br)c(Cl)cc1O. The topological polar surface area (TPSA) is 46.2 Å². The molecule has 0 saturated heterocycles. The molecule has 0 aliphatic rings. The first-order valence-electron chi connectivity index (χ1n) is 2.54. The van der Waals surface area contributed by atoms with Gasteiger partial charge >= 0.3 is 0 Å². The summed E-state index contributed by atoms with van der Waals surface area (Å²) in [5.41, 5.74) is 5.67. The number of hydrogen-bond donors (Lipinski definition) is 2. The Labute approximate surface area is 83.9 Å². The average Bonchev–Trinajstić information content (AvgIpc) is 1.84. The van der Waals surface area contributed by atoms with E-state index < -0.39 is 0 Å². The Morgan fingerprint density at radius 3 is 2.45 bits per heavy atom. The number of benzene rings is 1. The van der Waals surface area contributed by atoms with E-state index in [2.05, 4.69) is 15.9 Å². The second-order valence-electron chi connectivity index (χ2n) is 1.83. The van der Waals surface area contributed by atoms with Gasteiger partial charge in [0, 0.05) is 10.5 Å². The maximum atomic E-state index is 8.99. The van der Waals surface area contributed by atoms with Crippen molar-refractivity contribution < 1.29 is 5.11 Å². The third-order valence-corrected chi connectivity index (χ3v) is 2.27. The van der Waals surface area contributed by atoms with E-state index in [0.717, 1.165) is 0 Å². The number of phenolic OH excluding ortho intramolecular Hbond substituents is 1. The van der Waals surface area contributed by atoms with Crippen molar-refractivity contribution in [3.63, 3.8) is 0 Å². The summed E-state index contributed by atoms with van der Waals surface area (Å²) in [5.74, 6) is 0.00759. The van der Waals surface area contributed by atoms with Crippen LogP contribution in [0.1, 0.15) is 0 Å². The molecule has 0 heterocycles. The van der Waals surface area contributed by atoms with Crippen molar-refractivity contribution in [1.82, 2.24) is 0 Å². The zero-order chi connectivity index (χ0) is 7.72. The molecular formula is C6H6BrCl2NO. The van der Waals surface area contributed by atoms with Gasteiger partial charge in [0.1, 0.15) is 5.75 Å². The summed E-state index contributed by atoms with van der Waals surface area (Å²) >= 11 is 8.78. The van der Waals surface area contributed by atoms with Gasteiger partial charge in [0.25, 0.3) is 0 Å². The number of halogens is 3. The van der Waals surface area contributed by atoms with E-state index in [-0.39, 0.29) is 18.2 Å². The van der Waals surface area contributed by atoms with Crippen LogP contribution in [0, 0.1) is 0 Å². The molecule has 1 aromatic carbocycles. The van der Waals surface area contributed by atoms with Crippen LogP contribution in [0.25, 0.3) is 0 Å². The first-order valence-corrected chi connectivity index (χ1v) is 3.72. The van der Waals surface area contributed by atoms with Gasteiger partial charge in [0.15, 0.2) is 0 Å². The van der Waals surface area contributed by atoms with E-state index >= 15 is 0 Å². The van der Waals surface area contributed by atoms with Crippen LogP contribution in [0.2, 0.25) is 5.02 Å². The average molecular weight is 259 g/mol. The van der Waals surface area contributed by atoms with Crippen molar-refractivity contribution in [2.45, 2.75) is 0 Å². The van der Waals surface area contributed by atoms with Gasteiger partial charge in [0.05, 0.1) is 10.7 Å². The van der Waals surface area contributed by atoms with Crippen molar-refractivity contribution in [3.05, 3.63) is 21.6 Å². The normalized spacial score (nSPS) is 8.91. The molecule has 0 saturated carbocycles. The molecule has 0 aliphatic carbocycles. The number of aromatic hydroxyl groups is 1. The molecule has 11 heavy (non-hydrogen) atoms. The van der Waals surface area contributed by atoms with Crippen LogP contribution in [0.5, 0.6) is 5.75 Å². The largest absolute Gasteiger partial charge is 0.506 e. The molecule has 0 aromatic heterocycles.